The molecule has 1 saturated heterocycles. The lowest BCUT2D eigenvalue weighted by Crippen LogP contribution is -2.41. The van der Waals surface area contributed by atoms with Crippen LogP contribution in [0, 0.1) is 5.92 Å². The number of piperidine rings is 1. The molecule has 26 heavy (non-hydrogen) atoms. The van der Waals surface area contributed by atoms with Crippen LogP contribution < -0.4 is 10.1 Å². The van der Waals surface area contributed by atoms with Crippen molar-refractivity contribution >= 4 is 5.91 Å². The summed E-state index contributed by atoms with van der Waals surface area (Å²) in [6, 6.07) is 14.0. The van der Waals surface area contributed by atoms with Crippen LogP contribution in [0.25, 0.3) is 0 Å². The predicted molar refractivity (Wildman–Crippen MR) is 102 cm³/mol. The largest absolute Gasteiger partial charge is 0.487 e. The highest BCUT2D eigenvalue weighted by atomic mass is 16.5. The van der Waals surface area contributed by atoms with Gasteiger partial charge < -0.3 is 15.0 Å². The number of nitrogens with zero attached hydrogens (tertiary/aromatic N) is 2. The molecule has 138 valence electrons. The van der Waals surface area contributed by atoms with E-state index < -0.39 is 0 Å². The summed E-state index contributed by atoms with van der Waals surface area (Å²) < 4.78 is 5.83. The van der Waals surface area contributed by atoms with E-state index in [2.05, 4.69) is 22.4 Å². The van der Waals surface area contributed by atoms with Crippen molar-refractivity contribution in [3.05, 3.63) is 59.9 Å². The van der Waals surface area contributed by atoms with E-state index in [0.29, 0.717) is 12.5 Å². The maximum absolute atomic E-state index is 11.5. The first kappa shape index (κ1) is 18.4. The molecular weight excluding hydrogens is 326 g/mol. The summed E-state index contributed by atoms with van der Waals surface area (Å²) in [7, 11) is 0. The van der Waals surface area contributed by atoms with E-state index >= 15 is 0 Å². The van der Waals surface area contributed by atoms with Gasteiger partial charge in [-0.15, -0.1) is 0 Å². The number of carbonyl (C=O) groups is 1. The van der Waals surface area contributed by atoms with Gasteiger partial charge in [0.15, 0.2) is 0 Å². The van der Waals surface area contributed by atoms with Gasteiger partial charge in [0, 0.05) is 32.8 Å². The smallest absolute Gasteiger partial charge is 0.219 e. The molecule has 1 N–H and O–H groups in total. The molecule has 1 aromatic carbocycles. The zero-order valence-corrected chi connectivity index (χ0v) is 15.4. The highest BCUT2D eigenvalue weighted by molar-refractivity contribution is 5.73. The van der Waals surface area contributed by atoms with Gasteiger partial charge in [-0.25, -0.2) is 0 Å². The molecule has 1 unspecified atom stereocenters. The lowest BCUT2D eigenvalue weighted by Gasteiger charge is -2.32. The van der Waals surface area contributed by atoms with Gasteiger partial charge >= 0.3 is 0 Å². The Balaban J connectivity index is 1.44. The molecule has 1 aliphatic rings. The first-order valence-electron chi connectivity index (χ1n) is 9.28. The Morgan fingerprint density at radius 2 is 2.23 bits per heavy atom. The van der Waals surface area contributed by atoms with Crippen LogP contribution in [0.1, 0.15) is 31.0 Å². The molecule has 1 aromatic heterocycles. The molecule has 0 aliphatic carbocycles. The minimum absolute atomic E-state index is 0.187. The quantitative estimate of drug-likeness (QED) is 0.831. The van der Waals surface area contributed by atoms with E-state index in [1.165, 1.54) is 12.0 Å². The second kappa shape index (κ2) is 9.34. The van der Waals surface area contributed by atoms with Crippen LogP contribution in [0.5, 0.6) is 5.75 Å². The third-order valence-electron chi connectivity index (χ3n) is 4.74. The van der Waals surface area contributed by atoms with Gasteiger partial charge in [0.1, 0.15) is 12.4 Å². The average molecular weight is 353 g/mol. The van der Waals surface area contributed by atoms with Crippen LogP contribution in [-0.4, -0.2) is 35.4 Å². The van der Waals surface area contributed by atoms with Gasteiger partial charge in [0.05, 0.1) is 5.69 Å². The van der Waals surface area contributed by atoms with E-state index in [1.807, 2.05) is 35.2 Å². The van der Waals surface area contributed by atoms with E-state index in [-0.39, 0.29) is 5.91 Å². The number of amides is 1. The normalized spacial score (nSPS) is 17.1. The summed E-state index contributed by atoms with van der Waals surface area (Å²) in [5, 5.41) is 3.53. The highest BCUT2D eigenvalue weighted by Gasteiger charge is 2.20. The van der Waals surface area contributed by atoms with Crippen LogP contribution >= 0.6 is 0 Å². The standard InChI is InChI=1S/C21H27N3O2/c1-17(25)24-11-5-7-19(15-24)14-22-13-18-6-4-9-21(12-18)26-16-20-8-2-3-10-23-20/h2-4,6,8-10,12,19,22H,5,7,11,13-16H2,1H3. The Bertz CT molecular complexity index is 705. The van der Waals surface area contributed by atoms with Gasteiger partial charge in [-0.1, -0.05) is 18.2 Å². The fraction of sp³-hybridized carbons (Fsp3) is 0.429. The molecule has 2 aromatic rings. The molecule has 1 aliphatic heterocycles. The van der Waals surface area contributed by atoms with E-state index in [9.17, 15) is 4.79 Å². The molecule has 0 bridgehead atoms. The van der Waals surface area contributed by atoms with Gasteiger partial charge in [0.2, 0.25) is 5.91 Å². The molecule has 3 rings (SSSR count). The fourth-order valence-corrected chi connectivity index (χ4v) is 3.32. The number of carbonyl (C=O) groups excluding carboxylic acids is 1. The molecule has 0 saturated carbocycles. The Labute approximate surface area is 155 Å². The second-order valence-corrected chi connectivity index (χ2v) is 6.86. The average Bonchev–Trinajstić information content (AvgIpc) is 2.68. The zero-order valence-electron chi connectivity index (χ0n) is 15.4. The van der Waals surface area contributed by atoms with Gasteiger partial charge in [-0.3, -0.25) is 9.78 Å². The Hall–Kier alpha value is -2.40. The van der Waals surface area contributed by atoms with Crippen molar-refractivity contribution in [1.82, 2.24) is 15.2 Å². The Morgan fingerprint density at radius 1 is 1.31 bits per heavy atom. The summed E-state index contributed by atoms with van der Waals surface area (Å²) >= 11 is 0. The number of nitrogens with one attached hydrogen (secondary N) is 1. The summed E-state index contributed by atoms with van der Waals surface area (Å²) in [4.78, 5) is 17.8. The molecule has 0 spiro atoms. The number of benzene rings is 1. The monoisotopic (exact) mass is 353 g/mol. The van der Waals surface area contributed by atoms with Crippen LogP contribution in [-0.2, 0) is 17.9 Å². The first-order chi connectivity index (χ1) is 12.7. The van der Waals surface area contributed by atoms with Crippen molar-refractivity contribution in [3.63, 3.8) is 0 Å². The molecule has 5 heteroatoms. The third kappa shape index (κ3) is 5.56. The summed E-state index contributed by atoms with van der Waals surface area (Å²) in [6.45, 7) is 5.64. The molecule has 1 amide bonds. The molecular formula is C21H27N3O2. The summed E-state index contributed by atoms with van der Waals surface area (Å²) in [6.07, 6.45) is 4.06. The van der Waals surface area contributed by atoms with Crippen LogP contribution in [0.3, 0.4) is 0 Å². The summed E-state index contributed by atoms with van der Waals surface area (Å²) in [5.74, 6) is 1.58. The number of hydrogen-bond acceptors (Lipinski definition) is 4. The topological polar surface area (TPSA) is 54.5 Å². The van der Waals surface area contributed by atoms with Crippen molar-refractivity contribution < 1.29 is 9.53 Å². The predicted octanol–water partition coefficient (Wildman–Crippen LogP) is 3.01. The van der Waals surface area contributed by atoms with Crippen molar-refractivity contribution in [2.75, 3.05) is 19.6 Å². The lowest BCUT2D eigenvalue weighted by atomic mass is 9.98. The van der Waals surface area contributed by atoms with Crippen molar-refractivity contribution in [2.45, 2.75) is 32.9 Å². The lowest BCUT2D eigenvalue weighted by molar-refractivity contribution is -0.130. The molecule has 0 radical (unpaired) electrons. The Morgan fingerprint density at radius 3 is 3.04 bits per heavy atom. The Kier molecular flexibility index (Phi) is 6.61. The number of hydrogen-bond donors (Lipinski definition) is 1. The minimum Gasteiger partial charge on any atom is -0.487 e. The molecule has 1 atom stereocenters. The number of aromatic nitrogens is 1. The first-order valence-corrected chi connectivity index (χ1v) is 9.28. The zero-order chi connectivity index (χ0) is 18.2. The van der Waals surface area contributed by atoms with Crippen molar-refractivity contribution in [2.24, 2.45) is 5.92 Å². The van der Waals surface area contributed by atoms with E-state index in [4.69, 9.17) is 4.74 Å². The van der Waals surface area contributed by atoms with Gasteiger partial charge in [-0.2, -0.15) is 0 Å². The maximum Gasteiger partial charge on any atom is 0.219 e. The number of pyridine rings is 1. The van der Waals surface area contributed by atoms with Crippen LogP contribution in [0.15, 0.2) is 48.7 Å². The van der Waals surface area contributed by atoms with Crippen LogP contribution in [0.4, 0.5) is 0 Å². The second-order valence-electron chi connectivity index (χ2n) is 6.86. The molecule has 2 heterocycles. The number of likely N-dealkylation sites (tertiary alicyclic amines) is 1. The van der Waals surface area contributed by atoms with Gasteiger partial charge in [-0.05, 0) is 55.1 Å². The molecule has 5 nitrogen and oxygen atoms in total. The van der Waals surface area contributed by atoms with Crippen LogP contribution in [0.2, 0.25) is 0 Å². The van der Waals surface area contributed by atoms with Crippen molar-refractivity contribution in [3.8, 4) is 5.75 Å². The highest BCUT2D eigenvalue weighted by Crippen LogP contribution is 2.17. The number of ether oxygens (including phenoxy) is 1. The third-order valence-corrected chi connectivity index (χ3v) is 4.74. The van der Waals surface area contributed by atoms with E-state index in [0.717, 1.165) is 44.0 Å². The van der Waals surface area contributed by atoms with E-state index in [1.54, 1.807) is 13.1 Å². The minimum atomic E-state index is 0.187. The SMILES string of the molecule is CC(=O)N1CCCC(CNCc2cccc(OCc3ccccn3)c2)C1. The molecule has 1 fully saturated rings. The fourth-order valence-electron chi connectivity index (χ4n) is 3.32. The van der Waals surface area contributed by atoms with Crippen molar-refractivity contribution in [1.29, 1.82) is 0 Å². The van der Waals surface area contributed by atoms with Gasteiger partial charge in [0.25, 0.3) is 0 Å². The maximum atomic E-state index is 11.5. The summed E-state index contributed by atoms with van der Waals surface area (Å²) in [5.41, 5.74) is 2.12. The number of rotatable bonds is 7.